The van der Waals surface area contributed by atoms with E-state index in [9.17, 15) is 4.57 Å². The molecule has 1 heterocycles. The van der Waals surface area contributed by atoms with Crippen LogP contribution in [0, 0.1) is 5.92 Å². The molecule has 158 valence electrons. The molecule has 3 rings (SSSR count). The van der Waals surface area contributed by atoms with Gasteiger partial charge in [0.1, 0.15) is 0 Å². The largest absolute Gasteiger partial charge is 0.329 e. The number of rotatable bonds is 7. The van der Waals surface area contributed by atoms with Gasteiger partial charge >= 0.3 is 0 Å². The Labute approximate surface area is 176 Å². The molecule has 1 aliphatic heterocycles. The van der Waals surface area contributed by atoms with E-state index in [4.69, 9.17) is 4.52 Å². The van der Waals surface area contributed by atoms with Gasteiger partial charge in [-0.25, -0.2) is 0 Å². The quantitative estimate of drug-likeness (QED) is 0.600. The molecule has 0 spiro atoms. The van der Waals surface area contributed by atoms with Crippen LogP contribution in [0.25, 0.3) is 0 Å². The van der Waals surface area contributed by atoms with E-state index in [0.717, 1.165) is 39.3 Å². The van der Waals surface area contributed by atoms with Gasteiger partial charge < -0.3 is 4.52 Å². The van der Waals surface area contributed by atoms with Gasteiger partial charge in [0.25, 0.3) is 0 Å². The smallest absolute Gasteiger partial charge is 0.204 e. The summed E-state index contributed by atoms with van der Waals surface area (Å²) in [4.78, 5) is 4.97. The van der Waals surface area contributed by atoms with Gasteiger partial charge in [-0.2, -0.15) is 0 Å². The van der Waals surface area contributed by atoms with Crippen molar-refractivity contribution < 1.29 is 9.09 Å². The summed E-state index contributed by atoms with van der Waals surface area (Å²) in [5.74, 6) is 0.305. The minimum atomic E-state index is -2.69. The summed E-state index contributed by atoms with van der Waals surface area (Å²) in [6.07, 6.45) is 0. The molecule has 0 saturated carbocycles. The van der Waals surface area contributed by atoms with Gasteiger partial charge in [0.2, 0.25) is 7.37 Å². The molecule has 1 saturated heterocycles. The Morgan fingerprint density at radius 3 is 1.86 bits per heavy atom. The lowest BCUT2D eigenvalue weighted by atomic mass is 10.0. The van der Waals surface area contributed by atoms with Crippen LogP contribution < -0.4 is 0 Å². The van der Waals surface area contributed by atoms with Crippen molar-refractivity contribution in [3.63, 3.8) is 0 Å². The topological polar surface area (TPSA) is 32.8 Å². The molecule has 0 radical (unpaired) electrons. The molecule has 1 fully saturated rings. The lowest BCUT2D eigenvalue weighted by Gasteiger charge is -2.40. The standard InChI is InChI=1S/C24H35N2O2P/c1-4-28-29(3,27)24-20-26(19-23-13-9-6-10-14-23)16-15-25(17-21(24)2)18-22-11-7-5-8-12-22/h5-14,21,24H,4,15-20H2,1-3H3/t21-,24-,29?/m0/s1. The second-order valence-electron chi connectivity index (χ2n) is 8.31. The molecule has 0 aliphatic carbocycles. The molecule has 2 aromatic rings. The van der Waals surface area contributed by atoms with Crippen LogP contribution in [-0.4, -0.2) is 54.9 Å². The third-order valence-electron chi connectivity index (χ3n) is 5.87. The van der Waals surface area contributed by atoms with Crippen molar-refractivity contribution in [2.24, 2.45) is 5.92 Å². The van der Waals surface area contributed by atoms with Crippen LogP contribution in [0.2, 0.25) is 0 Å². The maximum absolute atomic E-state index is 13.4. The zero-order valence-electron chi connectivity index (χ0n) is 18.0. The van der Waals surface area contributed by atoms with Crippen LogP contribution in [0.1, 0.15) is 25.0 Å². The third-order valence-corrected chi connectivity index (χ3v) is 8.51. The maximum atomic E-state index is 13.4. The van der Waals surface area contributed by atoms with Crippen molar-refractivity contribution in [3.8, 4) is 0 Å². The lowest BCUT2D eigenvalue weighted by Crippen LogP contribution is -2.47. The molecule has 0 N–H and O–H groups in total. The van der Waals surface area contributed by atoms with Crippen molar-refractivity contribution >= 4 is 7.37 Å². The molecule has 0 aromatic heterocycles. The zero-order valence-corrected chi connectivity index (χ0v) is 18.9. The second kappa shape index (κ2) is 10.5. The first-order valence-electron chi connectivity index (χ1n) is 10.7. The number of benzene rings is 2. The van der Waals surface area contributed by atoms with Crippen LogP contribution in [0.3, 0.4) is 0 Å². The molecule has 5 heteroatoms. The first-order valence-corrected chi connectivity index (χ1v) is 12.9. The highest BCUT2D eigenvalue weighted by atomic mass is 31.2. The van der Waals surface area contributed by atoms with Gasteiger partial charge in [-0.1, -0.05) is 67.6 Å². The highest BCUT2D eigenvalue weighted by Crippen LogP contribution is 2.51. The van der Waals surface area contributed by atoms with Gasteiger partial charge in [0.15, 0.2) is 0 Å². The first kappa shape index (κ1) is 22.2. The Morgan fingerprint density at radius 2 is 1.38 bits per heavy atom. The molecule has 1 unspecified atom stereocenters. The lowest BCUT2D eigenvalue weighted by molar-refractivity contribution is 0.134. The summed E-state index contributed by atoms with van der Waals surface area (Å²) >= 11 is 0. The average molecular weight is 415 g/mol. The van der Waals surface area contributed by atoms with Gasteiger partial charge in [-0.05, 0) is 24.0 Å². The first-order chi connectivity index (χ1) is 14.0. The van der Waals surface area contributed by atoms with Crippen LogP contribution in [0.4, 0.5) is 0 Å². The molecule has 2 aromatic carbocycles. The van der Waals surface area contributed by atoms with Crippen molar-refractivity contribution in [2.45, 2.75) is 32.6 Å². The monoisotopic (exact) mass is 414 g/mol. The van der Waals surface area contributed by atoms with Crippen LogP contribution in [0.15, 0.2) is 60.7 Å². The van der Waals surface area contributed by atoms with Crippen LogP contribution in [0.5, 0.6) is 0 Å². The fraction of sp³-hybridized carbons (Fsp3) is 0.500. The second-order valence-corrected chi connectivity index (χ2v) is 11.1. The van der Waals surface area contributed by atoms with Gasteiger partial charge in [-0.15, -0.1) is 0 Å². The Morgan fingerprint density at radius 1 is 0.897 bits per heavy atom. The van der Waals surface area contributed by atoms with Gasteiger partial charge in [0.05, 0.1) is 12.3 Å². The van der Waals surface area contributed by atoms with Crippen molar-refractivity contribution in [1.29, 1.82) is 0 Å². The Bertz CT molecular complexity index is 784. The summed E-state index contributed by atoms with van der Waals surface area (Å²) in [7, 11) is -2.69. The molecule has 3 atom stereocenters. The van der Waals surface area contributed by atoms with E-state index in [1.165, 1.54) is 11.1 Å². The van der Waals surface area contributed by atoms with E-state index in [2.05, 4.69) is 77.4 Å². The van der Waals surface area contributed by atoms with E-state index in [0.29, 0.717) is 12.5 Å². The van der Waals surface area contributed by atoms with Crippen molar-refractivity contribution in [2.75, 3.05) is 39.5 Å². The van der Waals surface area contributed by atoms with Crippen molar-refractivity contribution in [3.05, 3.63) is 71.8 Å². The maximum Gasteiger partial charge on any atom is 0.204 e. The summed E-state index contributed by atoms with van der Waals surface area (Å²) in [6, 6.07) is 21.2. The van der Waals surface area contributed by atoms with E-state index in [-0.39, 0.29) is 5.66 Å². The SMILES string of the molecule is CCOP(C)(=O)[C@H]1CN(Cc2ccccc2)CCN(Cc2ccccc2)C[C@@H]1C. The average Bonchev–Trinajstić information content (AvgIpc) is 2.70. The highest BCUT2D eigenvalue weighted by Gasteiger charge is 2.37. The molecule has 1 aliphatic rings. The summed E-state index contributed by atoms with van der Waals surface area (Å²) in [5.41, 5.74) is 2.68. The van der Waals surface area contributed by atoms with Gasteiger partial charge in [-0.3, -0.25) is 14.4 Å². The van der Waals surface area contributed by atoms with E-state index in [1.807, 2.05) is 13.6 Å². The molecule has 0 amide bonds. The van der Waals surface area contributed by atoms with E-state index in [1.54, 1.807) is 0 Å². The fourth-order valence-electron chi connectivity index (χ4n) is 4.37. The normalized spacial score (nSPS) is 23.8. The van der Waals surface area contributed by atoms with Crippen molar-refractivity contribution in [1.82, 2.24) is 9.80 Å². The van der Waals surface area contributed by atoms with Gasteiger partial charge in [0, 0.05) is 45.9 Å². The predicted molar refractivity (Wildman–Crippen MR) is 122 cm³/mol. The Kier molecular flexibility index (Phi) is 8.08. The molecule has 4 nitrogen and oxygen atoms in total. The summed E-state index contributed by atoms with van der Waals surface area (Å²) in [5, 5.41) is 0. The van der Waals surface area contributed by atoms with E-state index < -0.39 is 7.37 Å². The minimum Gasteiger partial charge on any atom is -0.329 e. The van der Waals surface area contributed by atoms with E-state index >= 15 is 0 Å². The summed E-state index contributed by atoms with van der Waals surface area (Å²) < 4.78 is 19.2. The van der Waals surface area contributed by atoms with Crippen LogP contribution in [-0.2, 0) is 22.2 Å². The molecular formula is C24H35N2O2P. The number of hydrogen-bond donors (Lipinski definition) is 0. The highest BCUT2D eigenvalue weighted by molar-refractivity contribution is 7.59. The molecular weight excluding hydrogens is 379 g/mol. The minimum absolute atomic E-state index is 0.0461. The van der Waals surface area contributed by atoms with Crippen LogP contribution >= 0.6 is 7.37 Å². The fourth-order valence-corrected chi connectivity index (χ4v) is 6.62. The zero-order chi connectivity index (χ0) is 20.7. The Hall–Kier alpha value is -1.45. The third kappa shape index (κ3) is 6.52. The molecule has 0 bridgehead atoms. The summed E-state index contributed by atoms with van der Waals surface area (Å²) in [6.45, 7) is 12.1. The predicted octanol–water partition coefficient (Wildman–Crippen LogP) is 4.95. The number of hydrogen-bond acceptors (Lipinski definition) is 4. The molecule has 29 heavy (non-hydrogen) atoms. The Balaban J connectivity index is 1.80. The number of nitrogens with zero attached hydrogens (tertiary/aromatic N) is 2.